The third-order valence-electron chi connectivity index (χ3n) is 4.56. The molecule has 3 aromatic rings. The van der Waals surface area contributed by atoms with Crippen molar-refractivity contribution in [1.82, 2.24) is 9.88 Å². The van der Waals surface area contributed by atoms with E-state index >= 15 is 0 Å². The van der Waals surface area contributed by atoms with Gasteiger partial charge in [-0.1, -0.05) is 0 Å². The molecule has 0 saturated carbocycles. The van der Waals surface area contributed by atoms with Crippen LogP contribution in [-0.4, -0.2) is 17.7 Å². The van der Waals surface area contributed by atoms with Gasteiger partial charge in [0.25, 0.3) is 0 Å². The van der Waals surface area contributed by atoms with Gasteiger partial charge in [-0.15, -0.1) is 0 Å². The molecule has 22 heavy (non-hydrogen) atoms. The Labute approximate surface area is 128 Å². The van der Waals surface area contributed by atoms with E-state index in [0.717, 1.165) is 37.2 Å². The lowest BCUT2D eigenvalue weighted by molar-refractivity contribution is 0.460. The molecule has 3 heterocycles. The van der Waals surface area contributed by atoms with Crippen LogP contribution in [-0.2, 0) is 6.54 Å². The molecule has 0 radical (unpaired) electrons. The summed E-state index contributed by atoms with van der Waals surface area (Å²) in [4.78, 5) is 0. The van der Waals surface area contributed by atoms with Crippen molar-refractivity contribution < 1.29 is 8.81 Å². The van der Waals surface area contributed by atoms with E-state index in [-0.39, 0.29) is 5.82 Å². The highest BCUT2D eigenvalue weighted by molar-refractivity contribution is 5.84. The quantitative estimate of drug-likeness (QED) is 0.795. The average Bonchev–Trinajstić information content (AvgIpc) is 3.17. The molecule has 0 amide bonds. The van der Waals surface area contributed by atoms with Crippen LogP contribution < -0.4 is 5.32 Å². The number of nitrogens with one attached hydrogen (secondary N) is 1. The normalized spacial score (nSPS) is 16.4. The molecule has 1 saturated heterocycles. The lowest BCUT2D eigenvalue weighted by Crippen LogP contribution is -2.26. The zero-order chi connectivity index (χ0) is 14.9. The molecule has 0 atom stereocenters. The number of halogens is 1. The number of benzene rings is 1. The van der Waals surface area contributed by atoms with Crippen molar-refractivity contribution in [2.75, 3.05) is 13.1 Å². The van der Waals surface area contributed by atoms with Crippen LogP contribution in [0.5, 0.6) is 0 Å². The second kappa shape index (κ2) is 5.61. The number of fused-ring (bicyclic) bond motifs is 1. The van der Waals surface area contributed by atoms with E-state index in [1.165, 1.54) is 10.9 Å². The maximum Gasteiger partial charge on any atom is 0.125 e. The topological polar surface area (TPSA) is 30.1 Å². The van der Waals surface area contributed by atoms with Gasteiger partial charge in [0.1, 0.15) is 11.6 Å². The molecule has 1 aliphatic rings. The molecule has 0 aliphatic carbocycles. The van der Waals surface area contributed by atoms with Gasteiger partial charge in [0.15, 0.2) is 0 Å². The standard InChI is InChI=1S/C18H19FN2O/c19-14-3-4-16-17(13-5-7-20-8-6-13)12-21(18(16)10-14)11-15-2-1-9-22-15/h1-4,9-10,12-13,20H,5-8,11H2. The number of hydrogen-bond acceptors (Lipinski definition) is 2. The fraction of sp³-hybridized carbons (Fsp3) is 0.333. The first-order valence-corrected chi connectivity index (χ1v) is 7.82. The largest absolute Gasteiger partial charge is 0.467 e. The van der Waals surface area contributed by atoms with Gasteiger partial charge in [-0.05, 0) is 67.7 Å². The van der Waals surface area contributed by atoms with Crippen molar-refractivity contribution in [3.8, 4) is 0 Å². The Morgan fingerprint density at radius 1 is 1.23 bits per heavy atom. The van der Waals surface area contributed by atoms with Crippen molar-refractivity contribution in [2.24, 2.45) is 0 Å². The zero-order valence-corrected chi connectivity index (χ0v) is 12.4. The first-order valence-electron chi connectivity index (χ1n) is 7.82. The van der Waals surface area contributed by atoms with E-state index < -0.39 is 0 Å². The Morgan fingerprint density at radius 2 is 2.09 bits per heavy atom. The minimum Gasteiger partial charge on any atom is -0.467 e. The SMILES string of the molecule is Fc1ccc2c(C3CCNCC3)cn(Cc3ccco3)c2c1. The molecule has 3 nitrogen and oxygen atoms in total. The van der Waals surface area contributed by atoms with Gasteiger partial charge in [0.05, 0.1) is 18.3 Å². The summed E-state index contributed by atoms with van der Waals surface area (Å²) >= 11 is 0. The fourth-order valence-electron chi connectivity index (χ4n) is 3.45. The monoisotopic (exact) mass is 298 g/mol. The van der Waals surface area contributed by atoms with Crippen LogP contribution in [0.1, 0.15) is 30.1 Å². The highest BCUT2D eigenvalue weighted by atomic mass is 19.1. The summed E-state index contributed by atoms with van der Waals surface area (Å²) in [5, 5.41) is 4.57. The highest BCUT2D eigenvalue weighted by Crippen LogP contribution is 2.33. The molecule has 1 fully saturated rings. The predicted molar refractivity (Wildman–Crippen MR) is 84.6 cm³/mol. The number of aromatic nitrogens is 1. The molecule has 2 aromatic heterocycles. The third-order valence-corrected chi connectivity index (χ3v) is 4.56. The Kier molecular flexibility index (Phi) is 3.47. The summed E-state index contributed by atoms with van der Waals surface area (Å²) in [7, 11) is 0. The van der Waals surface area contributed by atoms with Gasteiger partial charge in [0.2, 0.25) is 0 Å². The number of furan rings is 1. The van der Waals surface area contributed by atoms with Crippen LogP contribution in [0.25, 0.3) is 10.9 Å². The van der Waals surface area contributed by atoms with Crippen molar-refractivity contribution in [1.29, 1.82) is 0 Å². The van der Waals surface area contributed by atoms with Crippen LogP contribution in [0, 0.1) is 5.82 Å². The second-order valence-corrected chi connectivity index (χ2v) is 5.98. The van der Waals surface area contributed by atoms with Gasteiger partial charge in [-0.2, -0.15) is 0 Å². The van der Waals surface area contributed by atoms with Crippen molar-refractivity contribution in [3.05, 3.63) is 59.9 Å². The number of rotatable bonds is 3. The molecular formula is C18H19FN2O. The number of hydrogen-bond donors (Lipinski definition) is 1. The Hall–Kier alpha value is -2.07. The van der Waals surface area contributed by atoms with Crippen LogP contribution >= 0.6 is 0 Å². The predicted octanol–water partition coefficient (Wildman–Crippen LogP) is 3.89. The molecule has 0 spiro atoms. The van der Waals surface area contributed by atoms with E-state index in [4.69, 9.17) is 4.42 Å². The molecule has 114 valence electrons. The molecule has 0 unspecified atom stereocenters. The summed E-state index contributed by atoms with van der Waals surface area (Å²) in [6, 6.07) is 8.94. The molecule has 4 rings (SSSR count). The molecule has 1 aliphatic heterocycles. The molecular weight excluding hydrogens is 279 g/mol. The molecule has 4 heteroatoms. The van der Waals surface area contributed by atoms with E-state index in [1.54, 1.807) is 18.4 Å². The fourth-order valence-corrected chi connectivity index (χ4v) is 3.45. The van der Waals surface area contributed by atoms with Gasteiger partial charge in [-0.25, -0.2) is 4.39 Å². The summed E-state index contributed by atoms with van der Waals surface area (Å²) in [5.74, 6) is 1.24. The maximum absolute atomic E-state index is 13.7. The maximum atomic E-state index is 13.7. The van der Waals surface area contributed by atoms with Gasteiger partial charge in [0, 0.05) is 11.6 Å². The van der Waals surface area contributed by atoms with Crippen LogP contribution in [0.3, 0.4) is 0 Å². The summed E-state index contributed by atoms with van der Waals surface area (Å²) in [5.41, 5.74) is 2.29. The van der Waals surface area contributed by atoms with Crippen LogP contribution in [0.4, 0.5) is 4.39 Å². The minimum atomic E-state index is -0.192. The zero-order valence-electron chi connectivity index (χ0n) is 12.4. The average molecular weight is 298 g/mol. The van der Waals surface area contributed by atoms with Crippen molar-refractivity contribution in [2.45, 2.75) is 25.3 Å². The number of piperidine rings is 1. The molecule has 0 bridgehead atoms. The Morgan fingerprint density at radius 3 is 2.86 bits per heavy atom. The van der Waals surface area contributed by atoms with Crippen molar-refractivity contribution >= 4 is 10.9 Å². The summed E-state index contributed by atoms with van der Waals surface area (Å²) in [6.45, 7) is 2.74. The van der Waals surface area contributed by atoms with E-state index in [2.05, 4.69) is 16.1 Å². The van der Waals surface area contributed by atoms with E-state index in [1.807, 2.05) is 18.2 Å². The first-order chi connectivity index (χ1) is 10.8. The lowest BCUT2D eigenvalue weighted by Gasteiger charge is -2.22. The van der Waals surface area contributed by atoms with Crippen molar-refractivity contribution in [3.63, 3.8) is 0 Å². The lowest BCUT2D eigenvalue weighted by atomic mass is 9.90. The number of nitrogens with zero attached hydrogens (tertiary/aromatic N) is 1. The Balaban J connectivity index is 1.79. The molecule has 1 aromatic carbocycles. The van der Waals surface area contributed by atoms with E-state index in [0.29, 0.717) is 12.5 Å². The summed E-state index contributed by atoms with van der Waals surface area (Å²) < 4.78 is 21.3. The van der Waals surface area contributed by atoms with Gasteiger partial charge >= 0.3 is 0 Å². The van der Waals surface area contributed by atoms with E-state index in [9.17, 15) is 4.39 Å². The van der Waals surface area contributed by atoms with Crippen LogP contribution in [0.15, 0.2) is 47.2 Å². The highest BCUT2D eigenvalue weighted by Gasteiger charge is 2.20. The van der Waals surface area contributed by atoms with Gasteiger partial charge in [-0.3, -0.25) is 0 Å². The summed E-state index contributed by atoms with van der Waals surface area (Å²) in [6.07, 6.45) is 6.13. The smallest absolute Gasteiger partial charge is 0.125 e. The van der Waals surface area contributed by atoms with Crippen LogP contribution in [0.2, 0.25) is 0 Å². The second-order valence-electron chi connectivity index (χ2n) is 5.98. The molecule has 1 N–H and O–H groups in total. The first kappa shape index (κ1) is 13.6. The minimum absolute atomic E-state index is 0.192. The Bertz CT molecular complexity index is 770. The van der Waals surface area contributed by atoms with Gasteiger partial charge < -0.3 is 14.3 Å². The third kappa shape index (κ3) is 2.44.